The van der Waals surface area contributed by atoms with Crippen LogP contribution in [-0.4, -0.2) is 50.3 Å². The zero-order chi connectivity index (χ0) is 20.6. The molecule has 1 atom stereocenters. The predicted molar refractivity (Wildman–Crippen MR) is 108 cm³/mol. The number of carbonyl (C=O) groups is 1. The van der Waals surface area contributed by atoms with E-state index in [0.29, 0.717) is 17.7 Å². The number of nitrogens with one attached hydrogen (secondary N) is 2. The van der Waals surface area contributed by atoms with Crippen LogP contribution in [0.15, 0.2) is 24.8 Å². The summed E-state index contributed by atoms with van der Waals surface area (Å²) in [6, 6.07) is 0.859. The highest BCUT2D eigenvalue weighted by molar-refractivity contribution is 5.64. The van der Waals surface area contributed by atoms with E-state index in [2.05, 4.69) is 37.5 Å². The Morgan fingerprint density at radius 2 is 1.79 bits per heavy atom. The second-order valence-corrected chi connectivity index (χ2v) is 7.29. The van der Waals surface area contributed by atoms with Gasteiger partial charge in [-0.1, -0.05) is 13.3 Å². The van der Waals surface area contributed by atoms with Gasteiger partial charge in [0.25, 0.3) is 0 Å². The maximum absolute atomic E-state index is 10.8. The molecule has 0 aliphatic heterocycles. The molecule has 2 aromatic heterocycles. The number of methoxy groups -OCH3 is 1. The van der Waals surface area contributed by atoms with Crippen molar-refractivity contribution in [2.24, 2.45) is 0 Å². The Bertz CT molecular complexity index is 776. The van der Waals surface area contributed by atoms with Gasteiger partial charge in [-0.2, -0.15) is 0 Å². The Kier molecular flexibility index (Phi) is 7.29. The van der Waals surface area contributed by atoms with Crippen LogP contribution >= 0.6 is 0 Å². The summed E-state index contributed by atoms with van der Waals surface area (Å²) in [6.45, 7) is 2.15. The van der Waals surface area contributed by atoms with Crippen molar-refractivity contribution in [3.05, 3.63) is 30.5 Å². The van der Waals surface area contributed by atoms with Crippen molar-refractivity contribution >= 4 is 6.09 Å². The maximum atomic E-state index is 10.8. The molecule has 29 heavy (non-hydrogen) atoms. The normalized spacial score (nSPS) is 20.1. The van der Waals surface area contributed by atoms with Crippen molar-refractivity contribution in [2.75, 3.05) is 7.11 Å². The number of carboxylic acid groups (broad SMARTS) is 1. The van der Waals surface area contributed by atoms with Gasteiger partial charge < -0.3 is 20.5 Å². The quantitative estimate of drug-likeness (QED) is 0.618. The number of hydrogen-bond acceptors (Lipinski definition) is 7. The lowest BCUT2D eigenvalue weighted by atomic mass is 9.90. The molecular formula is C20H28N6O3. The van der Waals surface area contributed by atoms with Crippen LogP contribution in [0.3, 0.4) is 0 Å². The number of rotatable bonds is 8. The molecule has 3 rings (SSSR count). The van der Waals surface area contributed by atoms with Crippen LogP contribution in [0.1, 0.15) is 57.2 Å². The fourth-order valence-electron chi connectivity index (χ4n) is 3.69. The van der Waals surface area contributed by atoms with Gasteiger partial charge in [-0.05, 0) is 32.1 Å². The summed E-state index contributed by atoms with van der Waals surface area (Å²) in [4.78, 5) is 28.2. The van der Waals surface area contributed by atoms with E-state index in [1.165, 1.54) is 7.11 Å². The fourth-order valence-corrected chi connectivity index (χ4v) is 3.69. The Labute approximate surface area is 170 Å². The summed E-state index contributed by atoms with van der Waals surface area (Å²) in [5.41, 5.74) is 2.41. The first kappa shape index (κ1) is 20.9. The number of aromatic nitrogens is 4. The predicted octanol–water partition coefficient (Wildman–Crippen LogP) is 2.95. The van der Waals surface area contributed by atoms with Gasteiger partial charge in [0.1, 0.15) is 0 Å². The van der Waals surface area contributed by atoms with Gasteiger partial charge in [0.05, 0.1) is 36.9 Å². The minimum Gasteiger partial charge on any atom is -0.467 e. The van der Waals surface area contributed by atoms with E-state index in [0.717, 1.165) is 49.8 Å². The van der Waals surface area contributed by atoms with Crippen molar-refractivity contribution in [1.82, 2.24) is 30.6 Å². The molecule has 2 heterocycles. The van der Waals surface area contributed by atoms with Gasteiger partial charge in [-0.3, -0.25) is 9.97 Å². The molecule has 156 valence electrons. The van der Waals surface area contributed by atoms with Crippen molar-refractivity contribution in [3.63, 3.8) is 0 Å². The molecule has 9 heteroatoms. The lowest BCUT2D eigenvalue weighted by Crippen LogP contribution is -2.42. The average molecular weight is 400 g/mol. The Balaban J connectivity index is 1.62. The molecule has 1 fully saturated rings. The summed E-state index contributed by atoms with van der Waals surface area (Å²) in [5, 5.41) is 15.2. The van der Waals surface area contributed by atoms with Crippen LogP contribution in [0.4, 0.5) is 4.79 Å². The second kappa shape index (κ2) is 10.1. The number of amides is 1. The molecule has 1 saturated carbocycles. The van der Waals surface area contributed by atoms with Crippen molar-refractivity contribution in [1.29, 1.82) is 0 Å². The summed E-state index contributed by atoms with van der Waals surface area (Å²) < 4.78 is 4.98. The summed E-state index contributed by atoms with van der Waals surface area (Å²) >= 11 is 0. The van der Waals surface area contributed by atoms with E-state index in [1.54, 1.807) is 18.6 Å². The third-order valence-corrected chi connectivity index (χ3v) is 5.20. The third-order valence-electron chi connectivity index (χ3n) is 5.20. The van der Waals surface area contributed by atoms with Gasteiger partial charge in [0.2, 0.25) is 0 Å². The molecule has 0 saturated heterocycles. The first-order chi connectivity index (χ1) is 14.1. The van der Waals surface area contributed by atoms with Crippen LogP contribution in [0.5, 0.6) is 6.01 Å². The lowest BCUT2D eigenvalue weighted by Gasteiger charge is -2.32. The third kappa shape index (κ3) is 5.83. The summed E-state index contributed by atoms with van der Waals surface area (Å²) in [5.74, 6) is 0. The first-order valence-corrected chi connectivity index (χ1v) is 10.0. The zero-order valence-electron chi connectivity index (χ0n) is 16.8. The number of nitrogens with zero attached hydrogens (tertiary/aromatic N) is 4. The topological polar surface area (TPSA) is 122 Å². The standard InChI is InChI=1S/C20H28N6O3/c1-3-4-16(25-14-5-7-15(8-6-14)26-20(27)28)18-12-21-17(11-22-18)13-9-23-19(29-2)24-10-13/h9-12,14-16,25-26H,3-8H2,1-2H3,(H,27,28)/t14-,15-,16?. The van der Waals surface area contributed by atoms with Crippen LogP contribution in [0.2, 0.25) is 0 Å². The largest absolute Gasteiger partial charge is 0.467 e. The van der Waals surface area contributed by atoms with Crippen molar-refractivity contribution in [2.45, 2.75) is 63.6 Å². The smallest absolute Gasteiger partial charge is 0.404 e. The average Bonchev–Trinajstić information content (AvgIpc) is 2.74. The summed E-state index contributed by atoms with van der Waals surface area (Å²) in [6.07, 6.45) is 11.5. The number of hydrogen-bond donors (Lipinski definition) is 3. The van der Waals surface area contributed by atoms with Crippen molar-refractivity contribution < 1.29 is 14.6 Å². The van der Waals surface area contributed by atoms with Gasteiger partial charge in [0, 0.05) is 30.0 Å². The fraction of sp³-hybridized carbons (Fsp3) is 0.550. The Morgan fingerprint density at radius 3 is 2.34 bits per heavy atom. The minimum atomic E-state index is -0.942. The molecule has 1 aliphatic carbocycles. The van der Waals surface area contributed by atoms with Gasteiger partial charge in [0.15, 0.2) is 0 Å². The molecule has 3 N–H and O–H groups in total. The van der Waals surface area contributed by atoms with Crippen LogP contribution < -0.4 is 15.4 Å². The van der Waals surface area contributed by atoms with Gasteiger partial charge >= 0.3 is 12.1 Å². The van der Waals surface area contributed by atoms with Crippen molar-refractivity contribution in [3.8, 4) is 17.3 Å². The maximum Gasteiger partial charge on any atom is 0.404 e. The monoisotopic (exact) mass is 400 g/mol. The molecule has 0 radical (unpaired) electrons. The van der Waals surface area contributed by atoms with E-state index < -0.39 is 6.09 Å². The van der Waals surface area contributed by atoms with E-state index in [1.807, 2.05) is 6.20 Å². The van der Waals surface area contributed by atoms with Crippen LogP contribution in [-0.2, 0) is 0 Å². The second-order valence-electron chi connectivity index (χ2n) is 7.29. The minimum absolute atomic E-state index is 0.0564. The van der Waals surface area contributed by atoms with E-state index in [9.17, 15) is 4.79 Å². The number of ether oxygens (including phenoxy) is 1. The van der Waals surface area contributed by atoms with Gasteiger partial charge in [-0.15, -0.1) is 0 Å². The zero-order valence-corrected chi connectivity index (χ0v) is 16.8. The molecular weight excluding hydrogens is 372 g/mol. The Hall–Kier alpha value is -2.81. The van der Waals surface area contributed by atoms with Crippen LogP contribution in [0, 0.1) is 0 Å². The molecule has 0 bridgehead atoms. The summed E-state index contributed by atoms with van der Waals surface area (Å²) in [7, 11) is 1.53. The SMILES string of the molecule is CCCC(N[C@H]1CC[C@H](NC(=O)O)CC1)c1cnc(-c2cnc(OC)nc2)cn1. The molecule has 1 unspecified atom stereocenters. The highest BCUT2D eigenvalue weighted by atomic mass is 16.5. The van der Waals surface area contributed by atoms with E-state index in [-0.39, 0.29) is 12.1 Å². The van der Waals surface area contributed by atoms with Gasteiger partial charge in [-0.25, -0.2) is 14.8 Å². The highest BCUT2D eigenvalue weighted by Crippen LogP contribution is 2.24. The Morgan fingerprint density at radius 1 is 1.10 bits per heavy atom. The molecule has 0 spiro atoms. The molecule has 1 amide bonds. The molecule has 9 nitrogen and oxygen atoms in total. The molecule has 2 aromatic rings. The lowest BCUT2D eigenvalue weighted by molar-refractivity contribution is 0.183. The molecule has 0 aromatic carbocycles. The highest BCUT2D eigenvalue weighted by Gasteiger charge is 2.25. The first-order valence-electron chi connectivity index (χ1n) is 10.0. The van der Waals surface area contributed by atoms with Crippen LogP contribution in [0.25, 0.3) is 11.3 Å². The molecule has 1 aliphatic rings. The van der Waals surface area contributed by atoms with E-state index >= 15 is 0 Å². The van der Waals surface area contributed by atoms with E-state index in [4.69, 9.17) is 9.84 Å².